The van der Waals surface area contributed by atoms with Crippen LogP contribution in [-0.4, -0.2) is 18.5 Å². The van der Waals surface area contributed by atoms with E-state index in [2.05, 4.69) is 5.32 Å². The Kier molecular flexibility index (Phi) is 2.69. The van der Waals surface area contributed by atoms with Gasteiger partial charge in [0.1, 0.15) is 0 Å². The van der Waals surface area contributed by atoms with Gasteiger partial charge in [-0.05, 0) is 63.2 Å². The molecule has 1 amide bonds. The zero-order chi connectivity index (χ0) is 12.0. The van der Waals surface area contributed by atoms with Crippen LogP contribution < -0.4 is 11.1 Å². The van der Waals surface area contributed by atoms with Crippen LogP contribution in [-0.2, 0) is 4.79 Å². The van der Waals surface area contributed by atoms with Gasteiger partial charge in [0.2, 0.25) is 5.91 Å². The molecule has 0 spiro atoms. The van der Waals surface area contributed by atoms with Crippen molar-refractivity contribution in [2.75, 3.05) is 6.54 Å². The normalized spacial score (nSPS) is 44.7. The molecule has 4 aliphatic carbocycles. The van der Waals surface area contributed by atoms with E-state index in [-0.39, 0.29) is 11.5 Å². The lowest BCUT2D eigenvalue weighted by molar-refractivity contribution is -0.146. The molecule has 0 unspecified atom stereocenters. The average molecular weight is 236 g/mol. The van der Waals surface area contributed by atoms with E-state index < -0.39 is 0 Å². The van der Waals surface area contributed by atoms with E-state index in [1.54, 1.807) is 0 Å². The maximum absolute atomic E-state index is 12.5. The number of carbonyl (C=O) groups is 1. The lowest BCUT2D eigenvalue weighted by atomic mass is 9.49. The van der Waals surface area contributed by atoms with Crippen molar-refractivity contribution in [2.45, 2.75) is 51.5 Å². The number of amides is 1. The number of nitrogens with one attached hydrogen (secondary N) is 1. The van der Waals surface area contributed by atoms with E-state index in [1.165, 1.54) is 19.3 Å². The van der Waals surface area contributed by atoms with E-state index in [4.69, 9.17) is 5.73 Å². The first-order valence-corrected chi connectivity index (χ1v) is 7.12. The third-order valence-electron chi connectivity index (χ3n) is 5.25. The van der Waals surface area contributed by atoms with Crippen LogP contribution in [0.15, 0.2) is 0 Å². The predicted molar refractivity (Wildman–Crippen MR) is 67.3 cm³/mol. The summed E-state index contributed by atoms with van der Waals surface area (Å²) in [6, 6.07) is 0.121. The van der Waals surface area contributed by atoms with Gasteiger partial charge in [0.05, 0.1) is 0 Å². The molecule has 0 saturated heterocycles. The molecule has 3 nitrogen and oxygen atoms in total. The summed E-state index contributed by atoms with van der Waals surface area (Å²) < 4.78 is 0. The largest absolute Gasteiger partial charge is 0.352 e. The van der Waals surface area contributed by atoms with Crippen molar-refractivity contribution in [1.29, 1.82) is 0 Å². The monoisotopic (exact) mass is 236 g/mol. The molecule has 4 rings (SSSR count). The highest BCUT2D eigenvalue weighted by atomic mass is 16.2. The molecule has 4 aliphatic rings. The van der Waals surface area contributed by atoms with Crippen LogP contribution in [0.5, 0.6) is 0 Å². The maximum atomic E-state index is 12.5. The molecule has 3 N–H and O–H groups in total. The molecule has 0 aromatic rings. The Balaban J connectivity index is 1.75. The molecule has 0 aromatic heterocycles. The summed E-state index contributed by atoms with van der Waals surface area (Å²) in [5, 5.41) is 3.12. The van der Waals surface area contributed by atoms with Gasteiger partial charge in [-0.1, -0.05) is 0 Å². The Hall–Kier alpha value is -0.570. The molecule has 1 atom stereocenters. The zero-order valence-corrected chi connectivity index (χ0v) is 10.7. The second-order valence-corrected chi connectivity index (χ2v) is 6.81. The first-order valence-electron chi connectivity index (χ1n) is 7.12. The van der Waals surface area contributed by atoms with Crippen molar-refractivity contribution in [2.24, 2.45) is 28.9 Å². The number of rotatable bonds is 3. The van der Waals surface area contributed by atoms with Crippen LogP contribution in [0.1, 0.15) is 45.4 Å². The van der Waals surface area contributed by atoms with Crippen LogP contribution in [0.25, 0.3) is 0 Å². The number of hydrogen-bond donors (Lipinski definition) is 2. The molecule has 0 radical (unpaired) electrons. The van der Waals surface area contributed by atoms with Gasteiger partial charge in [0, 0.05) is 18.0 Å². The lowest BCUT2D eigenvalue weighted by Crippen LogP contribution is -2.55. The van der Waals surface area contributed by atoms with Gasteiger partial charge in [0.25, 0.3) is 0 Å². The van der Waals surface area contributed by atoms with Crippen LogP contribution in [0.4, 0.5) is 0 Å². The van der Waals surface area contributed by atoms with Crippen molar-refractivity contribution in [3.63, 3.8) is 0 Å². The molecule has 4 fully saturated rings. The topological polar surface area (TPSA) is 55.1 Å². The summed E-state index contributed by atoms with van der Waals surface area (Å²) in [6.07, 6.45) is 7.59. The van der Waals surface area contributed by atoms with Crippen molar-refractivity contribution >= 4 is 5.91 Å². The Morgan fingerprint density at radius 1 is 1.24 bits per heavy atom. The quantitative estimate of drug-likeness (QED) is 0.783. The minimum atomic E-state index is -0.0157. The highest BCUT2D eigenvalue weighted by Gasteiger charge is 2.54. The maximum Gasteiger partial charge on any atom is 0.226 e. The number of carbonyl (C=O) groups excluding carboxylic acids is 1. The summed E-state index contributed by atoms with van der Waals surface area (Å²) in [4.78, 5) is 12.5. The van der Waals surface area contributed by atoms with Gasteiger partial charge >= 0.3 is 0 Å². The molecular formula is C14H24N2O. The summed E-state index contributed by atoms with van der Waals surface area (Å²) in [5.41, 5.74) is 5.58. The fourth-order valence-corrected chi connectivity index (χ4v) is 4.82. The smallest absolute Gasteiger partial charge is 0.226 e. The van der Waals surface area contributed by atoms with Gasteiger partial charge < -0.3 is 11.1 Å². The second kappa shape index (κ2) is 3.98. The molecular weight excluding hydrogens is 212 g/mol. The Morgan fingerprint density at radius 2 is 1.71 bits per heavy atom. The minimum absolute atomic E-state index is 0.0157. The number of hydrogen-bond acceptors (Lipinski definition) is 2. The Bertz CT molecular complexity index is 291. The molecule has 0 heterocycles. The highest BCUT2D eigenvalue weighted by Crippen LogP contribution is 2.60. The van der Waals surface area contributed by atoms with Gasteiger partial charge in [-0.2, -0.15) is 0 Å². The summed E-state index contributed by atoms with van der Waals surface area (Å²) >= 11 is 0. The second-order valence-electron chi connectivity index (χ2n) is 6.81. The first-order chi connectivity index (χ1) is 8.11. The Labute approximate surface area is 104 Å². The van der Waals surface area contributed by atoms with Crippen LogP contribution >= 0.6 is 0 Å². The van der Waals surface area contributed by atoms with Gasteiger partial charge in [-0.15, -0.1) is 0 Å². The molecule has 0 aliphatic heterocycles. The first kappa shape index (κ1) is 11.5. The van der Waals surface area contributed by atoms with Gasteiger partial charge in [-0.25, -0.2) is 0 Å². The average Bonchev–Trinajstić information content (AvgIpc) is 2.26. The molecule has 4 saturated carbocycles. The molecule has 3 heteroatoms. The zero-order valence-electron chi connectivity index (χ0n) is 10.7. The summed E-state index contributed by atoms with van der Waals surface area (Å²) in [6.45, 7) is 2.54. The van der Waals surface area contributed by atoms with Crippen molar-refractivity contribution in [1.82, 2.24) is 5.32 Å². The fraction of sp³-hybridized carbons (Fsp3) is 0.929. The number of nitrogens with two attached hydrogens (primary N) is 1. The third-order valence-corrected chi connectivity index (χ3v) is 5.25. The van der Waals surface area contributed by atoms with E-state index in [0.717, 1.165) is 37.0 Å². The summed E-state index contributed by atoms with van der Waals surface area (Å²) in [7, 11) is 0. The van der Waals surface area contributed by atoms with E-state index >= 15 is 0 Å². The standard InChI is InChI=1S/C14H24N2O/c1-9(8-15)16-13(17)14-5-10-2-11(6-14)4-12(3-10)7-14/h9-12H,2-8,15H2,1H3,(H,16,17)/t9-,10?,11?,12?,14?/m1/s1. The van der Waals surface area contributed by atoms with Gasteiger partial charge in [0.15, 0.2) is 0 Å². The van der Waals surface area contributed by atoms with Crippen LogP contribution in [0.2, 0.25) is 0 Å². The van der Waals surface area contributed by atoms with Gasteiger partial charge in [-0.3, -0.25) is 4.79 Å². The van der Waals surface area contributed by atoms with E-state index in [9.17, 15) is 4.79 Å². The van der Waals surface area contributed by atoms with Crippen LogP contribution in [0.3, 0.4) is 0 Å². The van der Waals surface area contributed by atoms with Crippen molar-refractivity contribution < 1.29 is 4.79 Å². The molecule has 96 valence electrons. The minimum Gasteiger partial charge on any atom is -0.352 e. The van der Waals surface area contributed by atoms with Crippen molar-refractivity contribution in [3.05, 3.63) is 0 Å². The van der Waals surface area contributed by atoms with E-state index in [1.807, 2.05) is 6.92 Å². The van der Waals surface area contributed by atoms with E-state index in [0.29, 0.717) is 12.5 Å². The van der Waals surface area contributed by atoms with Crippen LogP contribution in [0, 0.1) is 23.2 Å². The molecule has 0 aromatic carbocycles. The Morgan fingerprint density at radius 3 is 2.12 bits per heavy atom. The highest BCUT2D eigenvalue weighted by molar-refractivity contribution is 5.83. The predicted octanol–water partition coefficient (Wildman–Crippen LogP) is 1.67. The fourth-order valence-electron chi connectivity index (χ4n) is 4.82. The SMILES string of the molecule is C[C@H](CN)NC(=O)C12CC3CC(CC(C3)C1)C2. The molecule has 4 bridgehead atoms. The lowest BCUT2D eigenvalue weighted by Gasteiger charge is -2.55. The molecule has 17 heavy (non-hydrogen) atoms. The summed E-state index contributed by atoms with van der Waals surface area (Å²) in [5.74, 6) is 2.80. The third kappa shape index (κ3) is 1.88. The van der Waals surface area contributed by atoms with Crippen molar-refractivity contribution in [3.8, 4) is 0 Å².